The van der Waals surface area contributed by atoms with Crippen molar-refractivity contribution in [2.24, 2.45) is 0 Å². The maximum absolute atomic E-state index is 12.5. The number of hydrogen-bond donors (Lipinski definition) is 0. The van der Waals surface area contributed by atoms with Gasteiger partial charge in [0.2, 0.25) is 5.91 Å². The lowest BCUT2D eigenvalue weighted by molar-refractivity contribution is -0.128. The second kappa shape index (κ2) is 7.28. The van der Waals surface area contributed by atoms with Crippen molar-refractivity contribution in [3.05, 3.63) is 64.7 Å². The minimum Gasteiger partial charge on any atom is -0.497 e. The van der Waals surface area contributed by atoms with Crippen LogP contribution in [-0.4, -0.2) is 43.0 Å². The second-order valence-corrected chi connectivity index (χ2v) is 6.82. The molecule has 0 saturated carbocycles. The first kappa shape index (κ1) is 17.5. The predicted octanol–water partition coefficient (Wildman–Crippen LogP) is 3.33. The molecule has 0 spiro atoms. The molecule has 1 atom stereocenters. The lowest BCUT2D eigenvalue weighted by Gasteiger charge is -2.29. The molecule has 4 nitrogen and oxygen atoms in total. The molecule has 2 aromatic carbocycles. The van der Waals surface area contributed by atoms with Crippen LogP contribution < -0.4 is 4.74 Å². The van der Waals surface area contributed by atoms with Crippen LogP contribution in [0.15, 0.2) is 42.5 Å². The van der Waals surface area contributed by atoms with Gasteiger partial charge in [0, 0.05) is 6.54 Å². The third kappa shape index (κ3) is 3.69. The summed E-state index contributed by atoms with van der Waals surface area (Å²) in [4.78, 5) is 16.6. The predicted molar refractivity (Wildman–Crippen MR) is 99.7 cm³/mol. The number of carbonyl (C=O) groups excluding carboxylic acids is 1. The fourth-order valence-corrected chi connectivity index (χ4v) is 3.41. The van der Waals surface area contributed by atoms with Crippen LogP contribution in [0.1, 0.15) is 28.4 Å². The Labute approximate surface area is 150 Å². The molecule has 1 unspecified atom stereocenters. The molecule has 3 rings (SSSR count). The van der Waals surface area contributed by atoms with Crippen LogP contribution in [0.3, 0.4) is 0 Å². The Morgan fingerprint density at radius 1 is 1.08 bits per heavy atom. The van der Waals surface area contributed by atoms with E-state index in [9.17, 15) is 4.79 Å². The van der Waals surface area contributed by atoms with E-state index in [4.69, 9.17) is 4.74 Å². The average Bonchev–Trinajstić information content (AvgIpc) is 2.89. The minimum absolute atomic E-state index is 0.0186. The number of hydrogen-bond acceptors (Lipinski definition) is 3. The molecule has 2 aromatic rings. The van der Waals surface area contributed by atoms with Gasteiger partial charge in [0.25, 0.3) is 0 Å². The van der Waals surface area contributed by atoms with Crippen molar-refractivity contribution in [3.63, 3.8) is 0 Å². The van der Waals surface area contributed by atoms with Crippen molar-refractivity contribution >= 4 is 5.91 Å². The van der Waals surface area contributed by atoms with Crippen molar-refractivity contribution in [3.8, 4) is 5.75 Å². The monoisotopic (exact) mass is 338 g/mol. The molecule has 1 heterocycles. The Hall–Kier alpha value is -2.33. The van der Waals surface area contributed by atoms with Gasteiger partial charge >= 0.3 is 0 Å². The molecular weight excluding hydrogens is 312 g/mol. The van der Waals surface area contributed by atoms with Crippen molar-refractivity contribution in [2.45, 2.75) is 26.4 Å². The Kier molecular flexibility index (Phi) is 5.09. The highest BCUT2D eigenvalue weighted by Gasteiger charge is 2.36. The SMILES string of the molecule is COc1ccc(CCN2C(=O)CN(C)C2c2ccc(C)c(C)c2)cc1. The van der Waals surface area contributed by atoms with E-state index >= 15 is 0 Å². The Morgan fingerprint density at radius 3 is 2.44 bits per heavy atom. The van der Waals surface area contributed by atoms with Crippen LogP contribution in [0.4, 0.5) is 0 Å². The molecule has 4 heteroatoms. The van der Waals surface area contributed by atoms with Crippen LogP contribution in [0.25, 0.3) is 0 Å². The standard InChI is InChI=1S/C21H26N2O2/c1-15-5-8-18(13-16(15)2)21-22(3)14-20(24)23(21)12-11-17-6-9-19(25-4)10-7-17/h5-10,13,21H,11-12,14H2,1-4H3. The van der Waals surface area contributed by atoms with Gasteiger partial charge in [-0.25, -0.2) is 0 Å². The second-order valence-electron chi connectivity index (χ2n) is 6.82. The van der Waals surface area contributed by atoms with Crippen LogP contribution >= 0.6 is 0 Å². The quantitative estimate of drug-likeness (QED) is 0.838. The summed E-state index contributed by atoms with van der Waals surface area (Å²) in [5, 5.41) is 0. The molecule has 1 aliphatic rings. The van der Waals surface area contributed by atoms with E-state index < -0.39 is 0 Å². The van der Waals surface area contributed by atoms with Gasteiger partial charge < -0.3 is 9.64 Å². The molecule has 1 saturated heterocycles. The topological polar surface area (TPSA) is 32.8 Å². The zero-order valence-electron chi connectivity index (χ0n) is 15.5. The lowest BCUT2D eigenvalue weighted by Crippen LogP contribution is -2.32. The van der Waals surface area contributed by atoms with Crippen LogP contribution in [-0.2, 0) is 11.2 Å². The molecule has 0 radical (unpaired) electrons. The molecule has 1 aliphatic heterocycles. The van der Waals surface area contributed by atoms with Crippen molar-refractivity contribution < 1.29 is 9.53 Å². The summed E-state index contributed by atoms with van der Waals surface area (Å²) in [6.45, 7) is 5.43. The van der Waals surface area contributed by atoms with E-state index in [0.29, 0.717) is 13.1 Å². The van der Waals surface area contributed by atoms with Crippen molar-refractivity contribution in [1.82, 2.24) is 9.80 Å². The molecule has 0 aliphatic carbocycles. The van der Waals surface area contributed by atoms with Gasteiger partial charge in [-0.05, 0) is 61.7 Å². The normalized spacial score (nSPS) is 18.0. The van der Waals surface area contributed by atoms with E-state index in [1.165, 1.54) is 22.3 Å². The molecule has 1 fully saturated rings. The zero-order chi connectivity index (χ0) is 18.0. The number of benzene rings is 2. The van der Waals surface area contributed by atoms with Crippen molar-refractivity contribution in [1.29, 1.82) is 0 Å². The summed E-state index contributed by atoms with van der Waals surface area (Å²) in [5.41, 5.74) is 4.94. The van der Waals surface area contributed by atoms with E-state index in [2.05, 4.69) is 49.1 Å². The zero-order valence-corrected chi connectivity index (χ0v) is 15.5. The van der Waals surface area contributed by atoms with Crippen LogP contribution in [0, 0.1) is 13.8 Å². The van der Waals surface area contributed by atoms with Gasteiger partial charge in [-0.3, -0.25) is 9.69 Å². The van der Waals surface area contributed by atoms with Gasteiger partial charge in [-0.1, -0.05) is 30.3 Å². The molecule has 0 aromatic heterocycles. The summed E-state index contributed by atoms with van der Waals surface area (Å²) in [7, 11) is 3.69. The Balaban J connectivity index is 1.77. The molecule has 0 bridgehead atoms. The first-order chi connectivity index (χ1) is 12.0. The number of nitrogens with zero attached hydrogens (tertiary/aromatic N) is 2. The summed E-state index contributed by atoms with van der Waals surface area (Å²) in [6, 6.07) is 14.5. The number of ether oxygens (including phenoxy) is 1. The third-order valence-corrected chi connectivity index (χ3v) is 5.05. The number of likely N-dealkylation sites (N-methyl/N-ethyl adjacent to an activating group) is 1. The van der Waals surface area contributed by atoms with Gasteiger partial charge in [0.05, 0.1) is 13.7 Å². The highest BCUT2D eigenvalue weighted by molar-refractivity contribution is 5.81. The highest BCUT2D eigenvalue weighted by atomic mass is 16.5. The Morgan fingerprint density at radius 2 is 1.80 bits per heavy atom. The molecular formula is C21H26N2O2. The van der Waals surface area contributed by atoms with Gasteiger partial charge in [0.1, 0.15) is 11.9 Å². The number of rotatable bonds is 5. The molecule has 1 amide bonds. The largest absolute Gasteiger partial charge is 0.497 e. The molecule has 25 heavy (non-hydrogen) atoms. The highest BCUT2D eigenvalue weighted by Crippen LogP contribution is 2.30. The number of amides is 1. The van der Waals surface area contributed by atoms with Crippen molar-refractivity contribution in [2.75, 3.05) is 27.2 Å². The van der Waals surface area contributed by atoms with E-state index in [1.807, 2.05) is 24.1 Å². The number of carbonyl (C=O) groups is 1. The summed E-state index contributed by atoms with van der Waals surface area (Å²) < 4.78 is 5.20. The first-order valence-corrected chi connectivity index (χ1v) is 8.69. The van der Waals surface area contributed by atoms with E-state index in [1.54, 1.807) is 7.11 Å². The Bertz CT molecular complexity index is 755. The maximum atomic E-state index is 12.5. The first-order valence-electron chi connectivity index (χ1n) is 8.69. The van der Waals surface area contributed by atoms with Crippen LogP contribution in [0.2, 0.25) is 0 Å². The fourth-order valence-electron chi connectivity index (χ4n) is 3.41. The summed E-state index contributed by atoms with van der Waals surface area (Å²) in [6.07, 6.45) is 0.857. The van der Waals surface area contributed by atoms with Crippen LogP contribution in [0.5, 0.6) is 5.75 Å². The van der Waals surface area contributed by atoms with Gasteiger partial charge in [0.15, 0.2) is 0 Å². The van der Waals surface area contributed by atoms with E-state index in [-0.39, 0.29) is 12.1 Å². The lowest BCUT2D eigenvalue weighted by atomic mass is 10.0. The molecule has 0 N–H and O–H groups in total. The molecule has 132 valence electrons. The minimum atomic E-state index is 0.0186. The number of aryl methyl sites for hydroxylation is 2. The maximum Gasteiger partial charge on any atom is 0.238 e. The third-order valence-electron chi connectivity index (χ3n) is 5.05. The summed E-state index contributed by atoms with van der Waals surface area (Å²) in [5.74, 6) is 1.05. The van der Waals surface area contributed by atoms with Gasteiger partial charge in [-0.2, -0.15) is 0 Å². The fraction of sp³-hybridized carbons (Fsp3) is 0.381. The average molecular weight is 338 g/mol. The van der Waals surface area contributed by atoms with Gasteiger partial charge in [-0.15, -0.1) is 0 Å². The van der Waals surface area contributed by atoms with E-state index in [0.717, 1.165) is 12.2 Å². The number of methoxy groups -OCH3 is 1. The smallest absolute Gasteiger partial charge is 0.238 e. The summed E-state index contributed by atoms with van der Waals surface area (Å²) >= 11 is 0.